The zero-order chi connectivity index (χ0) is 15.7. The maximum Gasteiger partial charge on any atom is 0.161 e. The van der Waals surface area contributed by atoms with E-state index in [1.807, 2.05) is 29.0 Å². The molecule has 0 radical (unpaired) electrons. The summed E-state index contributed by atoms with van der Waals surface area (Å²) in [6, 6.07) is 5.78. The molecule has 0 fully saturated rings. The van der Waals surface area contributed by atoms with Crippen LogP contribution in [0.5, 0.6) is 5.75 Å². The van der Waals surface area contributed by atoms with Crippen molar-refractivity contribution in [1.29, 1.82) is 0 Å². The monoisotopic (exact) mass is 300 g/mol. The van der Waals surface area contributed by atoms with Gasteiger partial charge in [0.15, 0.2) is 5.82 Å². The van der Waals surface area contributed by atoms with E-state index in [2.05, 4.69) is 15.2 Å². The molecule has 1 aromatic carbocycles. The Balaban J connectivity index is 2.00. The molecule has 0 aliphatic rings. The van der Waals surface area contributed by atoms with Crippen molar-refractivity contribution in [3.05, 3.63) is 30.6 Å². The van der Waals surface area contributed by atoms with E-state index in [-0.39, 0.29) is 0 Å². The number of benzene rings is 1. The molecule has 0 saturated heterocycles. The third-order valence-corrected chi connectivity index (χ3v) is 3.66. The fourth-order valence-electron chi connectivity index (χ4n) is 2.39. The van der Waals surface area contributed by atoms with E-state index in [0.29, 0.717) is 13.0 Å². The van der Waals surface area contributed by atoms with Crippen LogP contribution in [-0.4, -0.2) is 37.6 Å². The molecule has 0 aliphatic heterocycles. The standard InChI is InChI=1S/C16H20N4O2/c1-16(2,21)6-8-20-9-7-17-15(20)14-12-10-11(22-3)4-5-13(12)18-19-14/h4-5,7,9-10,21H,6,8H2,1-3H3,(H,18,19). The van der Waals surface area contributed by atoms with Crippen molar-refractivity contribution in [3.8, 4) is 17.3 Å². The normalized spacial score (nSPS) is 12.0. The highest BCUT2D eigenvalue weighted by Gasteiger charge is 2.17. The van der Waals surface area contributed by atoms with E-state index in [1.54, 1.807) is 27.2 Å². The zero-order valence-corrected chi connectivity index (χ0v) is 13.0. The average molecular weight is 300 g/mol. The van der Waals surface area contributed by atoms with Crippen molar-refractivity contribution in [2.24, 2.45) is 0 Å². The van der Waals surface area contributed by atoms with Gasteiger partial charge in [0.1, 0.15) is 11.4 Å². The van der Waals surface area contributed by atoms with Crippen LogP contribution in [0.3, 0.4) is 0 Å². The zero-order valence-electron chi connectivity index (χ0n) is 13.0. The second kappa shape index (κ2) is 5.46. The molecule has 0 amide bonds. The van der Waals surface area contributed by atoms with Gasteiger partial charge in [-0.2, -0.15) is 5.10 Å². The first-order valence-electron chi connectivity index (χ1n) is 7.24. The number of aryl methyl sites for hydroxylation is 1. The van der Waals surface area contributed by atoms with E-state index in [9.17, 15) is 5.11 Å². The summed E-state index contributed by atoms with van der Waals surface area (Å²) in [7, 11) is 1.64. The van der Waals surface area contributed by atoms with Crippen molar-refractivity contribution in [2.75, 3.05) is 7.11 Å². The minimum atomic E-state index is -0.710. The quantitative estimate of drug-likeness (QED) is 0.759. The number of H-pyrrole nitrogens is 1. The molecular formula is C16H20N4O2. The highest BCUT2D eigenvalue weighted by atomic mass is 16.5. The molecule has 0 atom stereocenters. The lowest BCUT2D eigenvalue weighted by molar-refractivity contribution is 0.0663. The Morgan fingerprint density at radius 1 is 1.36 bits per heavy atom. The summed E-state index contributed by atoms with van der Waals surface area (Å²) in [6.45, 7) is 4.29. The lowest BCUT2D eigenvalue weighted by Gasteiger charge is -2.17. The summed E-state index contributed by atoms with van der Waals surface area (Å²) >= 11 is 0. The van der Waals surface area contributed by atoms with Crippen LogP contribution in [0.1, 0.15) is 20.3 Å². The second-order valence-electron chi connectivity index (χ2n) is 5.99. The van der Waals surface area contributed by atoms with Crippen LogP contribution in [0.2, 0.25) is 0 Å². The summed E-state index contributed by atoms with van der Waals surface area (Å²) in [6.07, 6.45) is 4.30. The third kappa shape index (κ3) is 2.82. The molecule has 2 aromatic heterocycles. The largest absolute Gasteiger partial charge is 0.497 e. The van der Waals surface area contributed by atoms with E-state index in [0.717, 1.165) is 28.2 Å². The minimum absolute atomic E-state index is 0.641. The van der Waals surface area contributed by atoms with Crippen LogP contribution in [0, 0.1) is 0 Å². The summed E-state index contributed by atoms with van der Waals surface area (Å²) in [5, 5.41) is 18.3. The second-order valence-corrected chi connectivity index (χ2v) is 5.99. The minimum Gasteiger partial charge on any atom is -0.497 e. The van der Waals surface area contributed by atoms with Gasteiger partial charge < -0.3 is 14.4 Å². The summed E-state index contributed by atoms with van der Waals surface area (Å²) in [4.78, 5) is 4.42. The number of hydrogen-bond donors (Lipinski definition) is 2. The van der Waals surface area contributed by atoms with Gasteiger partial charge in [0.05, 0.1) is 18.2 Å². The van der Waals surface area contributed by atoms with E-state index >= 15 is 0 Å². The number of fused-ring (bicyclic) bond motifs is 1. The van der Waals surface area contributed by atoms with Crippen molar-refractivity contribution < 1.29 is 9.84 Å². The topological polar surface area (TPSA) is 76.0 Å². The number of rotatable bonds is 5. The SMILES string of the molecule is COc1ccc2[nH]nc(-c3nccn3CCC(C)(C)O)c2c1. The Labute approximate surface area is 128 Å². The number of ether oxygens (including phenoxy) is 1. The smallest absolute Gasteiger partial charge is 0.161 e. The first-order chi connectivity index (χ1) is 10.5. The van der Waals surface area contributed by atoms with Crippen LogP contribution < -0.4 is 4.74 Å². The summed E-state index contributed by atoms with van der Waals surface area (Å²) in [5.41, 5.74) is 1.01. The third-order valence-electron chi connectivity index (χ3n) is 3.66. The summed E-state index contributed by atoms with van der Waals surface area (Å²) in [5.74, 6) is 1.56. The van der Waals surface area contributed by atoms with Crippen molar-refractivity contribution in [3.63, 3.8) is 0 Å². The first-order valence-corrected chi connectivity index (χ1v) is 7.24. The van der Waals surface area contributed by atoms with E-state index in [4.69, 9.17) is 4.74 Å². The Kier molecular flexibility index (Phi) is 3.62. The summed E-state index contributed by atoms with van der Waals surface area (Å²) < 4.78 is 7.29. The Morgan fingerprint density at radius 3 is 2.91 bits per heavy atom. The van der Waals surface area contributed by atoms with Crippen molar-refractivity contribution in [2.45, 2.75) is 32.4 Å². The molecule has 0 unspecified atom stereocenters. The predicted octanol–water partition coefficient (Wildman–Crippen LogP) is 2.60. The number of imidazole rings is 1. The van der Waals surface area contributed by atoms with Crippen molar-refractivity contribution >= 4 is 10.9 Å². The number of aromatic nitrogens is 4. The molecule has 0 aliphatic carbocycles. The van der Waals surface area contributed by atoms with Crippen molar-refractivity contribution in [1.82, 2.24) is 19.7 Å². The maximum absolute atomic E-state index is 9.91. The highest BCUT2D eigenvalue weighted by molar-refractivity contribution is 5.92. The van der Waals surface area contributed by atoms with Crippen LogP contribution >= 0.6 is 0 Å². The number of aliphatic hydroxyl groups is 1. The number of methoxy groups -OCH3 is 1. The molecule has 6 heteroatoms. The van der Waals surface area contributed by atoms with Gasteiger partial charge in [0, 0.05) is 24.3 Å². The van der Waals surface area contributed by atoms with Gasteiger partial charge in [0.25, 0.3) is 0 Å². The highest BCUT2D eigenvalue weighted by Crippen LogP contribution is 2.28. The number of hydrogen-bond acceptors (Lipinski definition) is 4. The first kappa shape index (κ1) is 14.6. The fraction of sp³-hybridized carbons (Fsp3) is 0.375. The van der Waals surface area contributed by atoms with Crippen LogP contribution in [-0.2, 0) is 6.54 Å². The van der Waals surface area contributed by atoms with Crippen LogP contribution in [0.25, 0.3) is 22.4 Å². The molecule has 0 saturated carbocycles. The number of nitrogens with zero attached hydrogens (tertiary/aromatic N) is 3. The van der Waals surface area contributed by atoms with Gasteiger partial charge in [-0.05, 0) is 38.5 Å². The number of nitrogens with one attached hydrogen (secondary N) is 1. The Morgan fingerprint density at radius 2 is 2.18 bits per heavy atom. The molecule has 0 spiro atoms. The molecule has 3 aromatic rings. The maximum atomic E-state index is 9.91. The van der Waals surface area contributed by atoms with Crippen LogP contribution in [0.15, 0.2) is 30.6 Å². The molecular weight excluding hydrogens is 280 g/mol. The molecule has 3 rings (SSSR count). The number of aromatic amines is 1. The van der Waals surface area contributed by atoms with E-state index in [1.165, 1.54) is 0 Å². The lowest BCUT2D eigenvalue weighted by atomic mass is 10.1. The Hall–Kier alpha value is -2.34. The van der Waals surface area contributed by atoms with Gasteiger partial charge >= 0.3 is 0 Å². The molecule has 2 heterocycles. The van der Waals surface area contributed by atoms with E-state index < -0.39 is 5.60 Å². The predicted molar refractivity (Wildman–Crippen MR) is 84.8 cm³/mol. The Bertz CT molecular complexity index is 783. The fourth-order valence-corrected chi connectivity index (χ4v) is 2.39. The molecule has 6 nitrogen and oxygen atoms in total. The van der Waals surface area contributed by atoms with Gasteiger partial charge in [-0.1, -0.05) is 0 Å². The molecule has 116 valence electrons. The average Bonchev–Trinajstić information content (AvgIpc) is 3.09. The molecule has 22 heavy (non-hydrogen) atoms. The van der Waals surface area contributed by atoms with Crippen LogP contribution in [0.4, 0.5) is 0 Å². The van der Waals surface area contributed by atoms with Gasteiger partial charge in [-0.15, -0.1) is 0 Å². The molecule has 2 N–H and O–H groups in total. The van der Waals surface area contributed by atoms with Gasteiger partial charge in [0.2, 0.25) is 0 Å². The van der Waals surface area contributed by atoms with Gasteiger partial charge in [-0.3, -0.25) is 5.10 Å². The van der Waals surface area contributed by atoms with Gasteiger partial charge in [-0.25, -0.2) is 4.98 Å². The molecule has 0 bridgehead atoms. The lowest BCUT2D eigenvalue weighted by Crippen LogP contribution is -2.21.